The highest BCUT2D eigenvalue weighted by Crippen LogP contribution is 2.34. The second-order valence-corrected chi connectivity index (χ2v) is 4.84. The smallest absolute Gasteiger partial charge is 0.226 e. The first-order valence-corrected chi connectivity index (χ1v) is 6.31. The van der Waals surface area contributed by atoms with Gasteiger partial charge in [0.2, 0.25) is 5.96 Å². The van der Waals surface area contributed by atoms with Gasteiger partial charge in [-0.05, 0) is 38.3 Å². The average molecular weight is 265 g/mol. The van der Waals surface area contributed by atoms with Crippen LogP contribution in [0, 0.1) is 19.8 Å². The molecule has 1 aromatic rings. The molecule has 0 aliphatic heterocycles. The summed E-state index contributed by atoms with van der Waals surface area (Å²) >= 11 is 5.26. The highest BCUT2D eigenvalue weighted by molar-refractivity contribution is 6.19. The minimum atomic E-state index is 0.111. The van der Waals surface area contributed by atoms with Gasteiger partial charge in [-0.2, -0.15) is 5.10 Å². The lowest BCUT2D eigenvalue weighted by Gasteiger charge is -2.10. The lowest BCUT2D eigenvalue weighted by Crippen LogP contribution is -2.28. The van der Waals surface area contributed by atoms with Crippen LogP contribution in [-0.4, -0.2) is 11.7 Å². The maximum atomic E-state index is 5.49. The third kappa shape index (κ3) is 3.01. The molecule has 0 atom stereocenters. The van der Waals surface area contributed by atoms with Crippen molar-refractivity contribution in [2.24, 2.45) is 21.3 Å². The molecule has 1 fully saturated rings. The first kappa shape index (κ1) is 12.9. The monoisotopic (exact) mass is 264 g/mol. The van der Waals surface area contributed by atoms with Crippen LogP contribution in [0.3, 0.4) is 0 Å². The summed E-state index contributed by atoms with van der Waals surface area (Å²) in [5.74, 6) is 0.626. The molecule has 2 rings (SSSR count). The minimum absolute atomic E-state index is 0.111. The molecule has 3 N–H and O–H groups in total. The number of benzene rings is 1. The van der Waals surface area contributed by atoms with Gasteiger partial charge in [-0.15, -0.1) is 4.51 Å². The summed E-state index contributed by atoms with van der Waals surface area (Å²) in [5, 5.41) is 4.36. The van der Waals surface area contributed by atoms with Gasteiger partial charge in [-0.1, -0.05) is 17.7 Å². The molecule has 0 radical (unpaired) electrons. The number of halogens is 1. The quantitative estimate of drug-likeness (QED) is 0.500. The number of hydrazone groups is 1. The van der Waals surface area contributed by atoms with E-state index < -0.39 is 0 Å². The van der Waals surface area contributed by atoms with Gasteiger partial charge in [-0.25, -0.2) is 5.43 Å². The van der Waals surface area contributed by atoms with Crippen LogP contribution in [-0.2, 0) is 0 Å². The lowest BCUT2D eigenvalue weighted by molar-refractivity contribution is 0.981. The Morgan fingerprint density at radius 2 is 2.11 bits per heavy atom. The molecule has 1 aromatic carbocycles. The molecule has 5 heteroatoms. The Labute approximate surface area is 112 Å². The molecule has 0 bridgehead atoms. The van der Waals surface area contributed by atoms with Gasteiger partial charge in [0.1, 0.15) is 0 Å². The molecule has 18 heavy (non-hydrogen) atoms. The Morgan fingerprint density at radius 1 is 1.39 bits per heavy atom. The second-order valence-electron chi connectivity index (χ2n) is 4.67. The van der Waals surface area contributed by atoms with Crippen molar-refractivity contribution in [3.8, 4) is 0 Å². The van der Waals surface area contributed by atoms with E-state index in [1.54, 1.807) is 0 Å². The fraction of sp³-hybridized carbons (Fsp3) is 0.385. The zero-order valence-electron chi connectivity index (χ0n) is 10.6. The van der Waals surface area contributed by atoms with E-state index in [0.29, 0.717) is 5.92 Å². The third-order valence-corrected chi connectivity index (χ3v) is 3.20. The van der Waals surface area contributed by atoms with E-state index in [1.807, 2.05) is 0 Å². The Hall–Kier alpha value is -1.55. The number of aryl methyl sites for hydroxylation is 2. The van der Waals surface area contributed by atoms with Crippen LogP contribution in [0.1, 0.15) is 29.5 Å². The van der Waals surface area contributed by atoms with Crippen LogP contribution >= 0.6 is 11.8 Å². The molecule has 4 nitrogen and oxygen atoms in total. The molecule has 96 valence electrons. The van der Waals surface area contributed by atoms with Crippen molar-refractivity contribution in [3.63, 3.8) is 0 Å². The fourth-order valence-corrected chi connectivity index (χ4v) is 1.91. The lowest BCUT2D eigenvalue weighted by atomic mass is 9.99. The van der Waals surface area contributed by atoms with Crippen molar-refractivity contribution in [2.75, 3.05) is 0 Å². The SMILES string of the molecule is Cc1ccc(C)c(C(=NNC(N)=NCl)C2CC2)c1. The predicted molar refractivity (Wildman–Crippen MR) is 75.8 cm³/mol. The van der Waals surface area contributed by atoms with Crippen molar-refractivity contribution in [3.05, 3.63) is 34.9 Å². The largest absolute Gasteiger partial charge is 0.367 e. The van der Waals surface area contributed by atoms with Crippen LogP contribution in [0.4, 0.5) is 0 Å². The van der Waals surface area contributed by atoms with Crippen LogP contribution in [0.5, 0.6) is 0 Å². The molecular weight excluding hydrogens is 248 g/mol. The number of hydrogen-bond acceptors (Lipinski definition) is 2. The van der Waals surface area contributed by atoms with Gasteiger partial charge in [0.25, 0.3) is 0 Å². The van der Waals surface area contributed by atoms with E-state index >= 15 is 0 Å². The van der Waals surface area contributed by atoms with E-state index in [9.17, 15) is 0 Å². The van der Waals surface area contributed by atoms with Crippen molar-refractivity contribution < 1.29 is 0 Å². The maximum Gasteiger partial charge on any atom is 0.226 e. The zero-order valence-corrected chi connectivity index (χ0v) is 11.3. The third-order valence-electron chi connectivity index (χ3n) is 3.02. The van der Waals surface area contributed by atoms with E-state index in [1.165, 1.54) is 29.5 Å². The molecule has 0 saturated heterocycles. The van der Waals surface area contributed by atoms with E-state index in [2.05, 4.69) is 47.1 Å². The van der Waals surface area contributed by atoms with Gasteiger partial charge in [0.05, 0.1) is 5.71 Å². The summed E-state index contributed by atoms with van der Waals surface area (Å²) in [6.45, 7) is 4.17. The molecule has 0 aromatic heterocycles. The predicted octanol–water partition coefficient (Wildman–Crippen LogP) is 2.48. The first-order valence-electron chi connectivity index (χ1n) is 5.97. The van der Waals surface area contributed by atoms with Gasteiger partial charge in [0.15, 0.2) is 0 Å². The van der Waals surface area contributed by atoms with Crippen LogP contribution in [0.15, 0.2) is 27.8 Å². The highest BCUT2D eigenvalue weighted by Gasteiger charge is 2.29. The summed E-state index contributed by atoms with van der Waals surface area (Å²) in [5.41, 5.74) is 12.8. The summed E-state index contributed by atoms with van der Waals surface area (Å²) < 4.78 is 3.32. The fourth-order valence-electron chi connectivity index (χ4n) is 1.88. The number of rotatable bonds is 3. The number of nitrogens with two attached hydrogens (primary N) is 1. The molecule has 1 aliphatic rings. The average Bonchev–Trinajstić information content (AvgIpc) is 3.17. The Kier molecular flexibility index (Phi) is 3.87. The Bertz CT molecular complexity index is 504. The molecule has 0 amide bonds. The summed E-state index contributed by atoms with van der Waals surface area (Å²) in [4.78, 5) is 0. The summed E-state index contributed by atoms with van der Waals surface area (Å²) in [6.07, 6.45) is 2.34. The number of nitrogens with zero attached hydrogens (tertiary/aromatic N) is 2. The van der Waals surface area contributed by atoms with Gasteiger partial charge in [-0.3, -0.25) is 0 Å². The van der Waals surface area contributed by atoms with Crippen LogP contribution in [0.25, 0.3) is 0 Å². The molecule has 0 heterocycles. The molecule has 1 aliphatic carbocycles. The summed E-state index contributed by atoms with van der Waals surface area (Å²) in [7, 11) is 0. The topological polar surface area (TPSA) is 62.8 Å². The van der Waals surface area contributed by atoms with Crippen molar-refractivity contribution in [1.29, 1.82) is 0 Å². The molecular formula is C13H17ClN4. The van der Waals surface area contributed by atoms with E-state index in [0.717, 1.165) is 5.71 Å². The standard InChI is InChI=1S/C13H17ClN4/c1-8-3-4-9(2)11(7-8)12(10-5-6-10)17-18-13(15)16-14/h3-4,7,10H,5-6H2,1-2H3,(H3,15,16,18). The van der Waals surface area contributed by atoms with E-state index in [-0.39, 0.29) is 5.96 Å². The van der Waals surface area contributed by atoms with Crippen molar-refractivity contribution in [2.45, 2.75) is 26.7 Å². The first-order chi connectivity index (χ1) is 8.61. The van der Waals surface area contributed by atoms with Crippen LogP contribution < -0.4 is 11.2 Å². The summed E-state index contributed by atoms with van der Waals surface area (Å²) in [6, 6.07) is 6.37. The molecule has 0 unspecified atom stereocenters. The Morgan fingerprint density at radius 3 is 2.72 bits per heavy atom. The van der Waals surface area contributed by atoms with Gasteiger partial charge in [0, 0.05) is 23.3 Å². The second kappa shape index (κ2) is 5.40. The Balaban J connectivity index is 2.32. The van der Waals surface area contributed by atoms with Gasteiger partial charge >= 0.3 is 0 Å². The van der Waals surface area contributed by atoms with E-state index in [4.69, 9.17) is 17.5 Å². The maximum absolute atomic E-state index is 5.49. The van der Waals surface area contributed by atoms with Crippen molar-refractivity contribution >= 4 is 23.4 Å². The van der Waals surface area contributed by atoms with Crippen LogP contribution in [0.2, 0.25) is 0 Å². The number of guanidine groups is 1. The highest BCUT2D eigenvalue weighted by atomic mass is 35.5. The number of hydrogen-bond donors (Lipinski definition) is 2. The normalized spacial score (nSPS) is 16.8. The molecule has 0 spiro atoms. The molecule has 1 saturated carbocycles. The minimum Gasteiger partial charge on any atom is -0.367 e. The zero-order chi connectivity index (χ0) is 13.1. The van der Waals surface area contributed by atoms with Gasteiger partial charge < -0.3 is 5.73 Å². The number of nitrogens with one attached hydrogen (secondary N) is 1. The van der Waals surface area contributed by atoms with Crippen molar-refractivity contribution in [1.82, 2.24) is 5.43 Å².